The highest BCUT2D eigenvalue weighted by atomic mass is 16.5. The summed E-state index contributed by atoms with van der Waals surface area (Å²) < 4.78 is 5.37. The molecule has 0 rings (SSSR count). The van der Waals surface area contributed by atoms with Crippen molar-refractivity contribution in [2.75, 3.05) is 13.3 Å². The number of rotatable bonds is 8. The second-order valence-corrected chi connectivity index (χ2v) is 3.87. The molecule has 0 aromatic carbocycles. The summed E-state index contributed by atoms with van der Waals surface area (Å²) >= 11 is 0. The molecule has 0 aliphatic heterocycles. The third-order valence-electron chi connectivity index (χ3n) is 2.84. The fourth-order valence-electron chi connectivity index (χ4n) is 2.06. The monoisotopic (exact) mass is 187 g/mol. The normalized spacial score (nSPS) is 12.0. The summed E-state index contributed by atoms with van der Waals surface area (Å²) in [5.41, 5.74) is 5.75. The highest BCUT2D eigenvalue weighted by Crippen LogP contribution is 2.33. The molecule has 0 atom stereocenters. The van der Waals surface area contributed by atoms with Gasteiger partial charge >= 0.3 is 0 Å². The van der Waals surface area contributed by atoms with Crippen LogP contribution in [0.2, 0.25) is 0 Å². The van der Waals surface area contributed by atoms with Crippen molar-refractivity contribution >= 4 is 0 Å². The van der Waals surface area contributed by atoms with E-state index in [9.17, 15) is 0 Å². The molecule has 0 heterocycles. The van der Waals surface area contributed by atoms with Crippen molar-refractivity contribution in [1.29, 1.82) is 0 Å². The lowest BCUT2D eigenvalue weighted by molar-refractivity contribution is 0.0316. The highest BCUT2D eigenvalue weighted by Gasteiger charge is 2.26. The molecule has 0 aliphatic carbocycles. The summed E-state index contributed by atoms with van der Waals surface area (Å²) in [6.45, 7) is 7.92. The predicted octanol–water partition coefficient (Wildman–Crippen LogP) is 2.92. The van der Waals surface area contributed by atoms with E-state index in [4.69, 9.17) is 10.5 Å². The van der Waals surface area contributed by atoms with E-state index in [0.717, 1.165) is 6.61 Å². The topological polar surface area (TPSA) is 35.2 Å². The standard InChI is InChI=1S/C11H25NO/c1-4-7-11(6-3,8-5-2)9-13-10-12/h4-10,12H2,1-3H3. The lowest BCUT2D eigenvalue weighted by Gasteiger charge is -2.31. The van der Waals surface area contributed by atoms with Gasteiger partial charge in [0.25, 0.3) is 0 Å². The molecule has 0 aliphatic rings. The van der Waals surface area contributed by atoms with Crippen molar-refractivity contribution in [2.24, 2.45) is 11.1 Å². The van der Waals surface area contributed by atoms with Gasteiger partial charge in [0.15, 0.2) is 0 Å². The van der Waals surface area contributed by atoms with Crippen molar-refractivity contribution in [3.05, 3.63) is 0 Å². The van der Waals surface area contributed by atoms with E-state index in [1.807, 2.05) is 0 Å². The molecule has 0 unspecified atom stereocenters. The van der Waals surface area contributed by atoms with Crippen molar-refractivity contribution in [1.82, 2.24) is 0 Å². The van der Waals surface area contributed by atoms with Crippen molar-refractivity contribution < 1.29 is 4.74 Å². The molecule has 2 heteroatoms. The number of nitrogens with two attached hydrogens (primary N) is 1. The van der Waals surface area contributed by atoms with E-state index in [-0.39, 0.29) is 0 Å². The van der Waals surface area contributed by atoms with Crippen LogP contribution >= 0.6 is 0 Å². The maximum Gasteiger partial charge on any atom is 0.0940 e. The molecule has 2 N–H and O–H groups in total. The Labute approximate surface area is 82.8 Å². The minimum Gasteiger partial charge on any atom is -0.366 e. The van der Waals surface area contributed by atoms with Crippen LogP contribution in [0.15, 0.2) is 0 Å². The molecule has 0 fully saturated rings. The lowest BCUT2D eigenvalue weighted by atomic mass is 9.78. The van der Waals surface area contributed by atoms with E-state index >= 15 is 0 Å². The van der Waals surface area contributed by atoms with Gasteiger partial charge < -0.3 is 10.5 Å². The molecule has 0 saturated heterocycles. The molecule has 0 bridgehead atoms. The van der Waals surface area contributed by atoms with E-state index in [1.165, 1.54) is 32.1 Å². The molecular weight excluding hydrogens is 162 g/mol. The third kappa shape index (κ3) is 4.63. The van der Waals surface area contributed by atoms with Crippen LogP contribution in [0, 0.1) is 5.41 Å². The summed E-state index contributed by atoms with van der Waals surface area (Å²) in [5.74, 6) is 0. The second-order valence-electron chi connectivity index (χ2n) is 3.87. The minimum atomic E-state index is 0.356. The Kier molecular flexibility index (Phi) is 7.29. The molecule has 0 saturated carbocycles. The molecule has 0 radical (unpaired) electrons. The summed E-state index contributed by atoms with van der Waals surface area (Å²) in [6.07, 6.45) is 6.20. The average Bonchev–Trinajstić information content (AvgIpc) is 2.15. The van der Waals surface area contributed by atoms with Gasteiger partial charge in [-0.15, -0.1) is 0 Å². The first-order valence-electron chi connectivity index (χ1n) is 5.52. The van der Waals surface area contributed by atoms with Crippen LogP contribution in [-0.4, -0.2) is 13.3 Å². The first kappa shape index (κ1) is 12.9. The number of hydrogen-bond acceptors (Lipinski definition) is 2. The molecule has 80 valence electrons. The van der Waals surface area contributed by atoms with E-state index in [0.29, 0.717) is 12.1 Å². The Morgan fingerprint density at radius 2 is 1.62 bits per heavy atom. The van der Waals surface area contributed by atoms with Crippen LogP contribution in [0.1, 0.15) is 52.9 Å². The Bertz CT molecular complexity index is 109. The van der Waals surface area contributed by atoms with Crippen LogP contribution < -0.4 is 5.73 Å². The van der Waals surface area contributed by atoms with Gasteiger partial charge in [-0.3, -0.25) is 0 Å². The molecule has 2 nitrogen and oxygen atoms in total. The lowest BCUT2D eigenvalue weighted by Crippen LogP contribution is -2.27. The summed E-state index contributed by atoms with van der Waals surface area (Å²) in [6, 6.07) is 0. The van der Waals surface area contributed by atoms with Gasteiger partial charge in [0.2, 0.25) is 0 Å². The molecule has 0 aromatic heterocycles. The minimum absolute atomic E-state index is 0.356. The Balaban J connectivity index is 4.07. The van der Waals surface area contributed by atoms with E-state index in [2.05, 4.69) is 20.8 Å². The smallest absolute Gasteiger partial charge is 0.0940 e. The van der Waals surface area contributed by atoms with Gasteiger partial charge in [0, 0.05) is 0 Å². The number of ether oxygens (including phenoxy) is 1. The molecule has 0 spiro atoms. The first-order chi connectivity index (χ1) is 6.24. The molecule has 0 amide bonds. The van der Waals surface area contributed by atoms with Gasteiger partial charge in [-0.05, 0) is 24.7 Å². The SMILES string of the molecule is CCCC(CC)(CCC)COCN. The van der Waals surface area contributed by atoms with Gasteiger partial charge in [-0.1, -0.05) is 33.6 Å². The molecule has 0 aromatic rings. The van der Waals surface area contributed by atoms with Crippen LogP contribution in [0.3, 0.4) is 0 Å². The van der Waals surface area contributed by atoms with Gasteiger partial charge in [0.1, 0.15) is 0 Å². The molecular formula is C11H25NO. The Morgan fingerprint density at radius 1 is 1.08 bits per heavy atom. The predicted molar refractivity (Wildman–Crippen MR) is 57.5 cm³/mol. The second kappa shape index (κ2) is 7.34. The summed E-state index contributed by atoms with van der Waals surface area (Å²) in [5, 5.41) is 0. The summed E-state index contributed by atoms with van der Waals surface area (Å²) in [7, 11) is 0. The quantitative estimate of drug-likeness (QED) is 0.593. The maximum atomic E-state index is 5.37. The zero-order chi connectivity index (χ0) is 10.2. The van der Waals surface area contributed by atoms with E-state index < -0.39 is 0 Å². The largest absolute Gasteiger partial charge is 0.366 e. The molecule has 13 heavy (non-hydrogen) atoms. The van der Waals surface area contributed by atoms with E-state index in [1.54, 1.807) is 0 Å². The van der Waals surface area contributed by atoms with Crippen molar-refractivity contribution in [2.45, 2.75) is 52.9 Å². The van der Waals surface area contributed by atoms with Crippen LogP contribution in [-0.2, 0) is 4.74 Å². The maximum absolute atomic E-state index is 5.37. The van der Waals surface area contributed by atoms with Crippen LogP contribution in [0.25, 0.3) is 0 Å². The van der Waals surface area contributed by atoms with Gasteiger partial charge in [-0.25, -0.2) is 0 Å². The zero-order valence-corrected chi connectivity index (χ0v) is 9.44. The van der Waals surface area contributed by atoms with Crippen LogP contribution in [0.4, 0.5) is 0 Å². The Hall–Kier alpha value is -0.0800. The van der Waals surface area contributed by atoms with Crippen LogP contribution in [0.5, 0.6) is 0 Å². The number of hydrogen-bond donors (Lipinski definition) is 1. The third-order valence-corrected chi connectivity index (χ3v) is 2.84. The van der Waals surface area contributed by atoms with Gasteiger partial charge in [0.05, 0.1) is 13.3 Å². The fourth-order valence-corrected chi connectivity index (χ4v) is 2.06. The summed E-state index contributed by atoms with van der Waals surface area (Å²) in [4.78, 5) is 0. The van der Waals surface area contributed by atoms with Crippen molar-refractivity contribution in [3.8, 4) is 0 Å². The van der Waals surface area contributed by atoms with Crippen molar-refractivity contribution in [3.63, 3.8) is 0 Å². The average molecular weight is 187 g/mol. The van der Waals surface area contributed by atoms with Gasteiger partial charge in [-0.2, -0.15) is 0 Å². The zero-order valence-electron chi connectivity index (χ0n) is 9.44. The highest BCUT2D eigenvalue weighted by molar-refractivity contribution is 4.76. The fraction of sp³-hybridized carbons (Fsp3) is 1.00. The first-order valence-corrected chi connectivity index (χ1v) is 5.52. The Morgan fingerprint density at radius 3 is 1.92 bits per heavy atom.